The van der Waals surface area contributed by atoms with Crippen LogP contribution >= 0.6 is 0 Å². The van der Waals surface area contributed by atoms with Crippen molar-refractivity contribution in [2.75, 3.05) is 13.7 Å². The predicted molar refractivity (Wildman–Crippen MR) is 59.6 cm³/mol. The summed E-state index contributed by atoms with van der Waals surface area (Å²) >= 11 is 0. The first-order valence-corrected chi connectivity index (χ1v) is 5.28. The van der Waals surface area contributed by atoms with Crippen molar-refractivity contribution in [3.8, 4) is 0 Å². The average molecular weight is 229 g/mol. The second-order valence-corrected chi connectivity index (χ2v) is 3.55. The highest BCUT2D eigenvalue weighted by molar-refractivity contribution is 5.26. The Bertz CT molecular complexity index is 318. The van der Waals surface area contributed by atoms with Gasteiger partial charge in [-0.1, -0.05) is 31.2 Å². The molecule has 1 aromatic carbocycles. The molecule has 0 fully saturated rings. The Morgan fingerprint density at radius 2 is 2.12 bits per heavy atom. The summed E-state index contributed by atoms with van der Waals surface area (Å²) < 4.78 is 30.6. The van der Waals surface area contributed by atoms with Gasteiger partial charge in [0, 0.05) is 7.11 Å². The molecule has 0 heterocycles. The van der Waals surface area contributed by atoms with Gasteiger partial charge in [-0.3, -0.25) is 0 Å². The zero-order chi connectivity index (χ0) is 12.0. The Labute approximate surface area is 94.6 Å². The van der Waals surface area contributed by atoms with E-state index in [1.807, 2.05) is 13.0 Å². The predicted octanol–water partition coefficient (Wildman–Crippen LogP) is 2.75. The van der Waals surface area contributed by atoms with Gasteiger partial charge in [0.15, 0.2) is 0 Å². The Morgan fingerprint density at radius 1 is 1.38 bits per heavy atom. The number of ether oxygens (including phenoxy) is 1. The quantitative estimate of drug-likeness (QED) is 0.809. The van der Waals surface area contributed by atoms with Crippen LogP contribution in [0.3, 0.4) is 0 Å². The molecule has 16 heavy (non-hydrogen) atoms. The smallest absolute Gasteiger partial charge is 0.257 e. The third-order valence-electron chi connectivity index (χ3n) is 2.30. The maximum atomic E-state index is 12.8. The van der Waals surface area contributed by atoms with E-state index in [4.69, 9.17) is 4.74 Å². The summed E-state index contributed by atoms with van der Waals surface area (Å²) in [4.78, 5) is 0. The van der Waals surface area contributed by atoms with Gasteiger partial charge in [0.05, 0.1) is 12.6 Å². The minimum atomic E-state index is -2.40. The highest BCUT2D eigenvalue weighted by Gasteiger charge is 2.21. The standard InChI is InChI=1S/C12H17F2NO/c1-3-15-11(12(13)14)10-6-4-5-9(7-10)8-16-2/h4-7,11-12,15H,3,8H2,1-2H3. The van der Waals surface area contributed by atoms with E-state index in [-0.39, 0.29) is 0 Å². The van der Waals surface area contributed by atoms with E-state index in [9.17, 15) is 8.78 Å². The van der Waals surface area contributed by atoms with E-state index < -0.39 is 12.5 Å². The summed E-state index contributed by atoms with van der Waals surface area (Å²) in [5.74, 6) is 0. The number of hydrogen-bond donors (Lipinski definition) is 1. The summed E-state index contributed by atoms with van der Waals surface area (Å²) in [6.45, 7) is 2.77. The molecule has 2 nitrogen and oxygen atoms in total. The highest BCUT2D eigenvalue weighted by Crippen LogP contribution is 2.21. The second-order valence-electron chi connectivity index (χ2n) is 3.55. The summed E-state index contributed by atoms with van der Waals surface area (Å²) in [5.41, 5.74) is 1.51. The van der Waals surface area contributed by atoms with Gasteiger partial charge >= 0.3 is 0 Å². The van der Waals surface area contributed by atoms with E-state index in [1.54, 1.807) is 25.3 Å². The van der Waals surface area contributed by atoms with E-state index in [0.29, 0.717) is 18.7 Å². The molecule has 1 atom stereocenters. The first kappa shape index (κ1) is 13.1. The van der Waals surface area contributed by atoms with Crippen LogP contribution in [0.15, 0.2) is 24.3 Å². The first-order chi connectivity index (χ1) is 7.69. The minimum absolute atomic E-state index is 0.440. The molecule has 0 aromatic heterocycles. The van der Waals surface area contributed by atoms with Crippen LogP contribution in [-0.4, -0.2) is 20.1 Å². The Hall–Kier alpha value is -1.00. The molecule has 0 saturated carbocycles. The summed E-state index contributed by atoms with van der Waals surface area (Å²) in [5, 5.41) is 2.78. The van der Waals surface area contributed by atoms with Gasteiger partial charge in [-0.05, 0) is 17.7 Å². The van der Waals surface area contributed by atoms with Gasteiger partial charge in [0.25, 0.3) is 6.43 Å². The molecule has 0 radical (unpaired) electrons. The molecule has 0 saturated heterocycles. The molecule has 0 aliphatic heterocycles. The Balaban J connectivity index is 2.86. The number of hydrogen-bond acceptors (Lipinski definition) is 2. The lowest BCUT2D eigenvalue weighted by atomic mass is 10.0. The van der Waals surface area contributed by atoms with Crippen LogP contribution < -0.4 is 5.32 Å². The van der Waals surface area contributed by atoms with Crippen LogP contribution in [0.2, 0.25) is 0 Å². The molecule has 0 amide bonds. The molecule has 1 N–H and O–H groups in total. The molecule has 90 valence electrons. The maximum Gasteiger partial charge on any atom is 0.257 e. The summed E-state index contributed by atoms with van der Waals surface area (Å²) in [7, 11) is 1.58. The van der Waals surface area contributed by atoms with Gasteiger partial charge in [0.2, 0.25) is 0 Å². The zero-order valence-corrected chi connectivity index (χ0v) is 9.54. The van der Waals surface area contributed by atoms with E-state index in [0.717, 1.165) is 5.56 Å². The van der Waals surface area contributed by atoms with Crippen molar-refractivity contribution in [3.05, 3.63) is 35.4 Å². The average Bonchev–Trinajstić information content (AvgIpc) is 2.26. The zero-order valence-electron chi connectivity index (χ0n) is 9.54. The number of alkyl halides is 2. The van der Waals surface area contributed by atoms with Crippen LogP contribution in [0, 0.1) is 0 Å². The van der Waals surface area contributed by atoms with E-state index in [1.165, 1.54) is 0 Å². The molecule has 0 spiro atoms. The first-order valence-electron chi connectivity index (χ1n) is 5.28. The molecule has 4 heteroatoms. The third kappa shape index (κ3) is 3.54. The van der Waals surface area contributed by atoms with Gasteiger partial charge in [-0.25, -0.2) is 8.78 Å². The molecule has 0 bridgehead atoms. The molecule has 0 aliphatic rings. The Kier molecular flexibility index (Phi) is 5.35. The molecular weight excluding hydrogens is 212 g/mol. The SMILES string of the molecule is CCNC(c1cccc(COC)c1)C(F)F. The van der Waals surface area contributed by atoms with Gasteiger partial charge < -0.3 is 10.1 Å². The lowest BCUT2D eigenvalue weighted by molar-refractivity contribution is 0.0991. The van der Waals surface area contributed by atoms with E-state index in [2.05, 4.69) is 5.32 Å². The van der Waals surface area contributed by atoms with Gasteiger partial charge in [-0.15, -0.1) is 0 Å². The van der Waals surface area contributed by atoms with Crippen LogP contribution in [0.5, 0.6) is 0 Å². The minimum Gasteiger partial charge on any atom is -0.380 e. The van der Waals surface area contributed by atoms with Gasteiger partial charge in [0.1, 0.15) is 0 Å². The van der Waals surface area contributed by atoms with Crippen molar-refractivity contribution in [2.45, 2.75) is 26.0 Å². The van der Waals surface area contributed by atoms with Crippen molar-refractivity contribution in [1.29, 1.82) is 0 Å². The normalized spacial score (nSPS) is 13.1. The van der Waals surface area contributed by atoms with Crippen molar-refractivity contribution in [3.63, 3.8) is 0 Å². The molecule has 1 rings (SSSR count). The fourth-order valence-electron chi connectivity index (χ4n) is 1.62. The number of rotatable bonds is 6. The molecule has 0 aliphatic carbocycles. The molecule has 1 aromatic rings. The number of halogens is 2. The summed E-state index contributed by atoms with van der Waals surface area (Å²) in [6.07, 6.45) is -2.40. The second kappa shape index (κ2) is 6.55. The topological polar surface area (TPSA) is 21.3 Å². The third-order valence-corrected chi connectivity index (χ3v) is 2.30. The summed E-state index contributed by atoms with van der Waals surface area (Å²) in [6, 6.07) is 6.20. The van der Waals surface area contributed by atoms with Crippen LogP contribution in [0.25, 0.3) is 0 Å². The van der Waals surface area contributed by atoms with Crippen molar-refractivity contribution in [2.24, 2.45) is 0 Å². The van der Waals surface area contributed by atoms with Crippen molar-refractivity contribution < 1.29 is 13.5 Å². The largest absolute Gasteiger partial charge is 0.380 e. The highest BCUT2D eigenvalue weighted by atomic mass is 19.3. The fourth-order valence-corrected chi connectivity index (χ4v) is 1.62. The molecule has 1 unspecified atom stereocenters. The van der Waals surface area contributed by atoms with E-state index >= 15 is 0 Å². The Morgan fingerprint density at radius 3 is 2.69 bits per heavy atom. The van der Waals surface area contributed by atoms with Gasteiger partial charge in [-0.2, -0.15) is 0 Å². The lowest BCUT2D eigenvalue weighted by Crippen LogP contribution is -2.27. The van der Waals surface area contributed by atoms with Crippen LogP contribution in [-0.2, 0) is 11.3 Å². The number of benzene rings is 1. The van der Waals surface area contributed by atoms with Crippen molar-refractivity contribution in [1.82, 2.24) is 5.32 Å². The number of nitrogens with one attached hydrogen (secondary N) is 1. The molecular formula is C12H17F2NO. The number of methoxy groups -OCH3 is 1. The van der Waals surface area contributed by atoms with Crippen molar-refractivity contribution >= 4 is 0 Å². The van der Waals surface area contributed by atoms with Crippen LogP contribution in [0.4, 0.5) is 8.78 Å². The monoisotopic (exact) mass is 229 g/mol. The fraction of sp³-hybridized carbons (Fsp3) is 0.500. The maximum absolute atomic E-state index is 12.8. The van der Waals surface area contributed by atoms with Crippen LogP contribution in [0.1, 0.15) is 24.1 Å². The lowest BCUT2D eigenvalue weighted by Gasteiger charge is -2.18.